The summed E-state index contributed by atoms with van der Waals surface area (Å²) in [4.78, 5) is 26.2. The number of nitrogens with one attached hydrogen (secondary N) is 1. The Hall–Kier alpha value is -2.14. The van der Waals surface area contributed by atoms with Gasteiger partial charge in [-0.1, -0.05) is 17.7 Å². The minimum atomic E-state index is -0.0783. The molecule has 24 heavy (non-hydrogen) atoms. The first-order valence-corrected chi connectivity index (χ1v) is 9.15. The summed E-state index contributed by atoms with van der Waals surface area (Å²) in [5.41, 5.74) is 3.94. The number of anilines is 1. The summed E-state index contributed by atoms with van der Waals surface area (Å²) in [5.74, 6) is 0.0136. The maximum atomic E-state index is 12.5. The van der Waals surface area contributed by atoms with E-state index in [1.807, 2.05) is 48.6 Å². The minimum absolute atomic E-state index is 0.0783. The van der Waals surface area contributed by atoms with Crippen LogP contribution >= 0.6 is 11.3 Å². The molecule has 0 unspecified atom stereocenters. The molecule has 128 valence electrons. The fourth-order valence-electron chi connectivity index (χ4n) is 2.66. The van der Waals surface area contributed by atoms with Crippen LogP contribution in [0.3, 0.4) is 0 Å². The summed E-state index contributed by atoms with van der Waals surface area (Å²) in [7, 11) is 0. The van der Waals surface area contributed by atoms with Crippen LogP contribution in [-0.4, -0.2) is 24.9 Å². The first-order chi connectivity index (χ1) is 11.5. The monoisotopic (exact) mass is 344 g/mol. The van der Waals surface area contributed by atoms with Crippen LogP contribution in [0.15, 0.2) is 35.0 Å². The van der Waals surface area contributed by atoms with E-state index in [9.17, 15) is 9.59 Å². The summed E-state index contributed by atoms with van der Waals surface area (Å²) in [6, 6.07) is 7.92. The maximum absolute atomic E-state index is 12.5. The molecule has 0 saturated heterocycles. The Bertz CT molecular complexity index is 695. The van der Waals surface area contributed by atoms with E-state index in [-0.39, 0.29) is 11.8 Å². The van der Waals surface area contributed by atoms with E-state index in [0.717, 1.165) is 11.3 Å². The standard InChI is InChI=1S/C19H24N2O2S/c1-4-21(17-8-7-14(2)12-15(17)3)18(22)6-5-10-20-19(23)16-9-11-24-13-16/h7-9,11-13H,4-6,10H2,1-3H3,(H,20,23). The van der Waals surface area contributed by atoms with E-state index in [1.54, 1.807) is 6.07 Å². The van der Waals surface area contributed by atoms with Crippen LogP contribution in [-0.2, 0) is 4.79 Å². The van der Waals surface area contributed by atoms with Gasteiger partial charge in [0.2, 0.25) is 5.91 Å². The van der Waals surface area contributed by atoms with E-state index < -0.39 is 0 Å². The summed E-state index contributed by atoms with van der Waals surface area (Å²) in [5, 5.41) is 6.55. The van der Waals surface area contributed by atoms with Crippen molar-refractivity contribution < 1.29 is 9.59 Å². The third-order valence-corrected chi connectivity index (χ3v) is 4.58. The van der Waals surface area contributed by atoms with Gasteiger partial charge in [0.25, 0.3) is 5.91 Å². The smallest absolute Gasteiger partial charge is 0.252 e. The topological polar surface area (TPSA) is 49.4 Å². The van der Waals surface area contributed by atoms with Gasteiger partial charge in [-0.3, -0.25) is 9.59 Å². The van der Waals surface area contributed by atoms with Gasteiger partial charge in [0.05, 0.1) is 0 Å². The number of hydrogen-bond acceptors (Lipinski definition) is 3. The zero-order valence-electron chi connectivity index (χ0n) is 14.5. The molecule has 1 N–H and O–H groups in total. The Labute approximate surface area is 147 Å². The van der Waals surface area contributed by atoms with E-state index in [1.165, 1.54) is 16.9 Å². The summed E-state index contributed by atoms with van der Waals surface area (Å²) >= 11 is 1.50. The number of hydrogen-bond donors (Lipinski definition) is 1. The molecule has 1 aromatic heterocycles. The summed E-state index contributed by atoms with van der Waals surface area (Å²) in [6.45, 7) is 7.20. The zero-order chi connectivity index (χ0) is 17.5. The van der Waals surface area contributed by atoms with Gasteiger partial charge < -0.3 is 10.2 Å². The Morgan fingerprint density at radius 1 is 1.21 bits per heavy atom. The normalized spacial score (nSPS) is 10.5. The predicted octanol–water partition coefficient (Wildman–Crippen LogP) is 3.93. The summed E-state index contributed by atoms with van der Waals surface area (Å²) < 4.78 is 0. The molecule has 0 aliphatic rings. The number of amides is 2. The molecule has 0 aliphatic carbocycles. The van der Waals surface area contributed by atoms with Gasteiger partial charge in [-0.15, -0.1) is 0 Å². The molecule has 1 aromatic carbocycles. The fraction of sp³-hybridized carbons (Fsp3) is 0.368. The molecular weight excluding hydrogens is 320 g/mol. The third-order valence-electron chi connectivity index (χ3n) is 3.90. The lowest BCUT2D eigenvalue weighted by Gasteiger charge is -2.23. The van der Waals surface area contributed by atoms with Crippen molar-refractivity contribution in [2.45, 2.75) is 33.6 Å². The lowest BCUT2D eigenvalue weighted by atomic mass is 10.1. The molecule has 0 atom stereocenters. The van der Waals surface area contributed by atoms with Gasteiger partial charge in [-0.25, -0.2) is 0 Å². The second-order valence-corrected chi connectivity index (χ2v) is 6.58. The Balaban J connectivity index is 1.85. The van der Waals surface area contributed by atoms with Gasteiger partial charge >= 0.3 is 0 Å². The summed E-state index contributed by atoms with van der Waals surface area (Å²) in [6.07, 6.45) is 1.06. The zero-order valence-corrected chi connectivity index (χ0v) is 15.3. The molecule has 2 amide bonds. The highest BCUT2D eigenvalue weighted by Gasteiger charge is 2.15. The highest BCUT2D eigenvalue weighted by molar-refractivity contribution is 7.08. The third kappa shape index (κ3) is 4.68. The lowest BCUT2D eigenvalue weighted by Crippen LogP contribution is -2.32. The molecule has 0 bridgehead atoms. The van der Waals surface area contributed by atoms with Crippen molar-refractivity contribution in [3.05, 3.63) is 51.7 Å². The molecule has 1 heterocycles. The first kappa shape index (κ1) is 18.2. The molecule has 5 heteroatoms. The van der Waals surface area contributed by atoms with E-state index in [2.05, 4.69) is 11.4 Å². The largest absolute Gasteiger partial charge is 0.352 e. The molecule has 0 radical (unpaired) electrons. The average molecular weight is 344 g/mol. The number of rotatable bonds is 7. The van der Waals surface area contributed by atoms with Crippen molar-refractivity contribution in [1.29, 1.82) is 0 Å². The van der Waals surface area contributed by atoms with Crippen LogP contribution in [0, 0.1) is 13.8 Å². The van der Waals surface area contributed by atoms with Crippen LogP contribution in [0.1, 0.15) is 41.3 Å². The quantitative estimate of drug-likeness (QED) is 0.774. The molecule has 0 saturated carbocycles. The molecule has 0 spiro atoms. The van der Waals surface area contributed by atoms with Crippen LogP contribution in [0.25, 0.3) is 0 Å². The van der Waals surface area contributed by atoms with Gasteiger partial charge in [-0.05, 0) is 50.3 Å². The van der Waals surface area contributed by atoms with Crippen molar-refractivity contribution in [2.75, 3.05) is 18.0 Å². The van der Waals surface area contributed by atoms with Crippen LogP contribution in [0.2, 0.25) is 0 Å². The molecule has 0 fully saturated rings. The number of carbonyl (C=O) groups is 2. The second kappa shape index (κ2) is 8.64. The highest BCUT2D eigenvalue weighted by atomic mass is 32.1. The molecule has 2 aromatic rings. The molecular formula is C19H24N2O2S. The van der Waals surface area contributed by atoms with Crippen molar-refractivity contribution in [3.8, 4) is 0 Å². The van der Waals surface area contributed by atoms with Gasteiger partial charge in [0.15, 0.2) is 0 Å². The fourth-order valence-corrected chi connectivity index (χ4v) is 3.30. The minimum Gasteiger partial charge on any atom is -0.352 e. The van der Waals surface area contributed by atoms with Crippen LogP contribution in [0.5, 0.6) is 0 Å². The second-order valence-electron chi connectivity index (χ2n) is 5.80. The Kier molecular flexibility index (Phi) is 6.55. The SMILES string of the molecule is CCN(C(=O)CCCNC(=O)c1ccsc1)c1ccc(C)cc1C. The van der Waals surface area contributed by atoms with E-state index in [4.69, 9.17) is 0 Å². The number of thiophene rings is 1. The van der Waals surface area contributed by atoms with E-state index >= 15 is 0 Å². The van der Waals surface area contributed by atoms with Crippen LogP contribution in [0.4, 0.5) is 5.69 Å². The number of nitrogens with zero attached hydrogens (tertiary/aromatic N) is 1. The van der Waals surface area contributed by atoms with Crippen molar-refractivity contribution in [1.82, 2.24) is 5.32 Å². The van der Waals surface area contributed by atoms with Gasteiger partial charge in [-0.2, -0.15) is 11.3 Å². The van der Waals surface area contributed by atoms with Crippen molar-refractivity contribution in [2.24, 2.45) is 0 Å². The Morgan fingerprint density at radius 3 is 2.62 bits per heavy atom. The first-order valence-electron chi connectivity index (χ1n) is 8.21. The van der Waals surface area contributed by atoms with Crippen molar-refractivity contribution in [3.63, 3.8) is 0 Å². The number of aryl methyl sites for hydroxylation is 2. The average Bonchev–Trinajstić information content (AvgIpc) is 3.08. The highest BCUT2D eigenvalue weighted by Crippen LogP contribution is 2.22. The molecule has 0 aliphatic heterocycles. The molecule has 2 rings (SSSR count). The number of benzene rings is 1. The van der Waals surface area contributed by atoms with Crippen LogP contribution < -0.4 is 10.2 Å². The predicted molar refractivity (Wildman–Crippen MR) is 99.8 cm³/mol. The maximum Gasteiger partial charge on any atom is 0.252 e. The molecule has 4 nitrogen and oxygen atoms in total. The Morgan fingerprint density at radius 2 is 2.00 bits per heavy atom. The van der Waals surface area contributed by atoms with Gasteiger partial charge in [0.1, 0.15) is 0 Å². The van der Waals surface area contributed by atoms with Gasteiger partial charge in [0, 0.05) is 36.1 Å². The lowest BCUT2D eigenvalue weighted by molar-refractivity contribution is -0.118. The number of carbonyl (C=O) groups excluding carboxylic acids is 2. The van der Waals surface area contributed by atoms with Crippen molar-refractivity contribution >= 4 is 28.8 Å². The van der Waals surface area contributed by atoms with E-state index in [0.29, 0.717) is 31.5 Å².